The maximum atomic E-state index is 10.9. The maximum absolute atomic E-state index is 10.9. The fraction of sp³-hybridized carbons (Fsp3) is 0.833. The van der Waals surface area contributed by atoms with Gasteiger partial charge in [0.25, 0.3) is 0 Å². The van der Waals surface area contributed by atoms with Crippen molar-refractivity contribution in [3.8, 4) is 0 Å². The molecule has 3 fully saturated rings. The number of rotatable bonds is 0. The number of ketones is 1. The predicted octanol–water partition coefficient (Wildman–Crippen LogP) is -0.0274. The van der Waals surface area contributed by atoms with Crippen LogP contribution in [-0.2, 0) is 9.53 Å². The van der Waals surface area contributed by atoms with E-state index in [9.17, 15) is 4.79 Å². The monoisotopic (exact) mass is 110 g/mol. The molecule has 0 spiro atoms. The molecule has 0 bridgehead atoms. The van der Waals surface area contributed by atoms with Crippen molar-refractivity contribution >= 4 is 5.78 Å². The van der Waals surface area contributed by atoms with E-state index in [1.54, 1.807) is 0 Å². The number of hydrogen-bond donors (Lipinski definition) is 0. The van der Waals surface area contributed by atoms with Gasteiger partial charge in [-0.1, -0.05) is 0 Å². The highest BCUT2D eigenvalue weighted by Gasteiger charge is 2.69. The summed E-state index contributed by atoms with van der Waals surface area (Å²) in [6.07, 6.45) is 1.58. The number of Topliss-reactive ketones (excluding diaryl/α,β-unsaturated/α-hetero) is 1. The molecule has 0 aromatic carbocycles. The summed E-state index contributed by atoms with van der Waals surface area (Å²) in [7, 11) is 0. The number of carbonyl (C=O) groups is 1. The van der Waals surface area contributed by atoms with Crippen LogP contribution in [0.15, 0.2) is 0 Å². The molecule has 1 aliphatic heterocycles. The van der Waals surface area contributed by atoms with Crippen molar-refractivity contribution in [1.82, 2.24) is 0 Å². The average molecular weight is 110 g/mol. The summed E-state index contributed by atoms with van der Waals surface area (Å²) in [4.78, 5) is 10.9. The summed E-state index contributed by atoms with van der Waals surface area (Å²) in [5.74, 6) is 1.49. The van der Waals surface area contributed by atoms with Crippen molar-refractivity contribution in [3.05, 3.63) is 0 Å². The van der Waals surface area contributed by atoms with Crippen molar-refractivity contribution in [2.45, 2.75) is 18.6 Å². The van der Waals surface area contributed by atoms with Gasteiger partial charge in [0.1, 0.15) is 6.10 Å². The maximum Gasteiger partial charge on any atom is 0.167 e. The van der Waals surface area contributed by atoms with Crippen molar-refractivity contribution in [2.24, 2.45) is 11.8 Å². The van der Waals surface area contributed by atoms with Crippen LogP contribution in [0.3, 0.4) is 0 Å². The third-order valence-corrected chi connectivity index (χ3v) is 2.43. The second-order valence-corrected chi connectivity index (χ2v) is 2.93. The van der Waals surface area contributed by atoms with Gasteiger partial charge in [0.15, 0.2) is 5.78 Å². The van der Waals surface area contributed by atoms with E-state index >= 15 is 0 Å². The number of carbonyl (C=O) groups excluding carboxylic acids is 1. The largest absolute Gasteiger partial charge is 0.361 e. The van der Waals surface area contributed by atoms with Crippen LogP contribution in [0.1, 0.15) is 6.42 Å². The molecule has 1 saturated heterocycles. The zero-order chi connectivity index (χ0) is 5.30. The smallest absolute Gasteiger partial charge is 0.167 e. The first-order valence-electron chi connectivity index (χ1n) is 3.07. The lowest BCUT2D eigenvalue weighted by Gasteiger charge is -1.83. The minimum absolute atomic E-state index is 0.0683. The Bertz CT molecular complexity index is 157. The van der Waals surface area contributed by atoms with E-state index in [2.05, 4.69) is 0 Å². The molecule has 2 heteroatoms. The standard InChI is InChI=1S/C6H6O2/c7-4-2-1-3(2)5-6(4)8-5/h2-3,5-6H,1H2/t2?,3-,5+,6-/m0/s1. The van der Waals surface area contributed by atoms with Gasteiger partial charge in [-0.2, -0.15) is 0 Å². The Hall–Kier alpha value is -0.370. The molecule has 2 nitrogen and oxygen atoms in total. The average Bonchev–Trinajstić information content (AvgIpc) is 2.58. The van der Waals surface area contributed by atoms with E-state index < -0.39 is 0 Å². The Morgan fingerprint density at radius 2 is 2.50 bits per heavy atom. The van der Waals surface area contributed by atoms with Crippen molar-refractivity contribution in [3.63, 3.8) is 0 Å². The number of ether oxygens (including phenoxy) is 1. The highest BCUT2D eigenvalue weighted by Crippen LogP contribution is 2.58. The first-order chi connectivity index (χ1) is 3.88. The van der Waals surface area contributed by atoms with Crippen LogP contribution in [0.5, 0.6) is 0 Å². The van der Waals surface area contributed by atoms with Crippen LogP contribution >= 0.6 is 0 Å². The first-order valence-corrected chi connectivity index (χ1v) is 3.07. The van der Waals surface area contributed by atoms with Gasteiger partial charge in [-0.05, 0) is 12.3 Å². The quantitative estimate of drug-likeness (QED) is 0.410. The van der Waals surface area contributed by atoms with E-state index in [0.29, 0.717) is 23.7 Å². The van der Waals surface area contributed by atoms with E-state index in [1.165, 1.54) is 0 Å². The molecule has 1 unspecified atom stereocenters. The number of epoxide rings is 1. The molecule has 0 amide bonds. The Morgan fingerprint density at radius 3 is 2.88 bits per heavy atom. The van der Waals surface area contributed by atoms with Crippen LogP contribution < -0.4 is 0 Å². The Labute approximate surface area is 46.8 Å². The summed E-state index contributed by atoms with van der Waals surface area (Å²) in [5.41, 5.74) is 0. The van der Waals surface area contributed by atoms with E-state index in [4.69, 9.17) is 4.74 Å². The van der Waals surface area contributed by atoms with Gasteiger partial charge in [-0.15, -0.1) is 0 Å². The van der Waals surface area contributed by atoms with Crippen LogP contribution in [-0.4, -0.2) is 18.0 Å². The molecule has 0 aromatic heterocycles. The summed E-state index contributed by atoms with van der Waals surface area (Å²) in [6, 6.07) is 0. The van der Waals surface area contributed by atoms with Crippen molar-refractivity contribution in [2.75, 3.05) is 0 Å². The molecule has 0 N–H and O–H groups in total. The molecule has 2 aliphatic carbocycles. The second kappa shape index (κ2) is 0.760. The highest BCUT2D eigenvalue weighted by atomic mass is 16.6. The summed E-state index contributed by atoms with van der Waals surface area (Å²) >= 11 is 0. The summed E-state index contributed by atoms with van der Waals surface area (Å²) in [5, 5.41) is 0. The molecule has 2 saturated carbocycles. The van der Waals surface area contributed by atoms with Gasteiger partial charge in [0, 0.05) is 5.92 Å². The Balaban J connectivity index is 2.09. The van der Waals surface area contributed by atoms with Gasteiger partial charge in [0.2, 0.25) is 0 Å². The zero-order valence-electron chi connectivity index (χ0n) is 4.33. The van der Waals surface area contributed by atoms with Crippen molar-refractivity contribution in [1.29, 1.82) is 0 Å². The first kappa shape index (κ1) is 3.62. The molecule has 3 rings (SSSR count). The topological polar surface area (TPSA) is 29.6 Å². The highest BCUT2D eigenvalue weighted by molar-refractivity contribution is 5.94. The molecule has 0 aromatic rings. The third-order valence-electron chi connectivity index (χ3n) is 2.43. The molecule has 42 valence electrons. The molecule has 0 radical (unpaired) electrons. The summed E-state index contributed by atoms with van der Waals surface area (Å²) in [6.45, 7) is 0. The van der Waals surface area contributed by atoms with Gasteiger partial charge in [0.05, 0.1) is 6.10 Å². The third kappa shape index (κ3) is 0.216. The van der Waals surface area contributed by atoms with E-state index in [-0.39, 0.29) is 6.10 Å². The Kier molecular flexibility index (Phi) is 0.344. The Morgan fingerprint density at radius 1 is 1.62 bits per heavy atom. The molecular formula is C6H6O2. The van der Waals surface area contributed by atoms with Crippen molar-refractivity contribution < 1.29 is 9.53 Å². The fourth-order valence-electron chi connectivity index (χ4n) is 1.79. The zero-order valence-corrected chi connectivity index (χ0v) is 4.33. The minimum Gasteiger partial charge on any atom is -0.361 e. The SMILES string of the molecule is O=C1C2C[C@@H]2[C@H]2O[C@@H]12. The molecule has 4 atom stereocenters. The normalized spacial score (nSPS) is 64.8. The molecule has 8 heavy (non-hydrogen) atoms. The molecular weight excluding hydrogens is 104 g/mol. The van der Waals surface area contributed by atoms with Crippen LogP contribution in [0, 0.1) is 11.8 Å². The van der Waals surface area contributed by atoms with Gasteiger partial charge >= 0.3 is 0 Å². The number of hydrogen-bond acceptors (Lipinski definition) is 2. The lowest BCUT2D eigenvalue weighted by molar-refractivity contribution is -0.121. The minimum atomic E-state index is 0.0683. The van der Waals surface area contributed by atoms with Gasteiger partial charge in [-0.25, -0.2) is 0 Å². The van der Waals surface area contributed by atoms with Gasteiger partial charge < -0.3 is 4.74 Å². The summed E-state index contributed by atoms with van der Waals surface area (Å²) < 4.78 is 5.07. The van der Waals surface area contributed by atoms with E-state index in [0.717, 1.165) is 6.42 Å². The fourth-order valence-corrected chi connectivity index (χ4v) is 1.79. The van der Waals surface area contributed by atoms with Crippen LogP contribution in [0.2, 0.25) is 0 Å². The molecule has 1 heterocycles. The van der Waals surface area contributed by atoms with Gasteiger partial charge in [-0.3, -0.25) is 4.79 Å². The lowest BCUT2D eigenvalue weighted by Crippen LogP contribution is -2.04. The van der Waals surface area contributed by atoms with E-state index in [1.807, 2.05) is 0 Å². The predicted molar refractivity (Wildman–Crippen MR) is 25.3 cm³/mol. The number of fused-ring (bicyclic) bond motifs is 3. The van der Waals surface area contributed by atoms with Crippen LogP contribution in [0.4, 0.5) is 0 Å². The molecule has 3 aliphatic rings. The lowest BCUT2D eigenvalue weighted by atomic mass is 10.2. The van der Waals surface area contributed by atoms with Crippen LogP contribution in [0.25, 0.3) is 0 Å². The second-order valence-electron chi connectivity index (χ2n) is 2.93.